The van der Waals surface area contributed by atoms with Crippen LogP contribution in [0, 0.1) is 10.1 Å². The Morgan fingerprint density at radius 2 is 1.88 bits per heavy atom. The minimum absolute atomic E-state index is 0.0766. The lowest BCUT2D eigenvalue weighted by Gasteiger charge is -2.23. The third-order valence-electron chi connectivity index (χ3n) is 5.97. The van der Waals surface area contributed by atoms with Crippen LogP contribution in [0.4, 0.5) is 17.3 Å². The van der Waals surface area contributed by atoms with E-state index in [2.05, 4.69) is 19.9 Å². The number of hydrogen-bond acceptors (Lipinski definition) is 7. The first-order valence-electron chi connectivity index (χ1n) is 10.8. The van der Waals surface area contributed by atoms with Crippen LogP contribution >= 0.6 is 0 Å². The molecule has 1 fully saturated rings. The molecule has 10 heteroatoms. The molecule has 0 radical (unpaired) electrons. The molecule has 33 heavy (non-hydrogen) atoms. The lowest BCUT2D eigenvalue weighted by Crippen LogP contribution is -2.31. The van der Waals surface area contributed by atoms with E-state index in [1.807, 2.05) is 29.2 Å². The summed E-state index contributed by atoms with van der Waals surface area (Å²) in [5, 5.41) is 11.9. The Labute approximate surface area is 189 Å². The van der Waals surface area contributed by atoms with Crippen molar-refractivity contribution in [2.75, 3.05) is 36.0 Å². The zero-order valence-corrected chi connectivity index (χ0v) is 18.1. The van der Waals surface area contributed by atoms with Gasteiger partial charge in [0.05, 0.1) is 16.0 Å². The maximum Gasteiger partial charge on any atom is 0.293 e. The average Bonchev–Trinajstić information content (AvgIpc) is 3.37. The van der Waals surface area contributed by atoms with Crippen molar-refractivity contribution in [3.8, 4) is 0 Å². The highest BCUT2D eigenvalue weighted by Gasteiger charge is 2.26. The van der Waals surface area contributed by atoms with E-state index < -0.39 is 4.92 Å². The number of aromatic nitrogens is 4. The minimum atomic E-state index is -0.424. The summed E-state index contributed by atoms with van der Waals surface area (Å²) in [6.45, 7) is 2.74. The number of para-hydroxylation sites is 2. The number of nitro groups is 1. The molecule has 10 nitrogen and oxygen atoms in total. The Bertz CT molecular complexity index is 1310. The summed E-state index contributed by atoms with van der Waals surface area (Å²) in [7, 11) is 1.72. The van der Waals surface area contributed by atoms with E-state index in [9.17, 15) is 14.9 Å². The van der Waals surface area contributed by atoms with Crippen LogP contribution in [0.1, 0.15) is 22.6 Å². The van der Waals surface area contributed by atoms with Gasteiger partial charge in [-0.3, -0.25) is 14.9 Å². The molecule has 1 N–H and O–H groups in total. The molecule has 4 aromatic rings. The lowest BCUT2D eigenvalue weighted by molar-refractivity contribution is -0.384. The molecular formula is C23H23N7O3. The number of imidazole rings is 2. The summed E-state index contributed by atoms with van der Waals surface area (Å²) in [6.07, 6.45) is 4.02. The Hall–Kier alpha value is -4.21. The highest BCUT2D eigenvalue weighted by atomic mass is 16.6. The van der Waals surface area contributed by atoms with Crippen LogP contribution < -0.4 is 9.80 Å². The Morgan fingerprint density at radius 1 is 1.09 bits per heavy atom. The molecule has 0 saturated carbocycles. The van der Waals surface area contributed by atoms with Crippen LogP contribution in [0.5, 0.6) is 0 Å². The van der Waals surface area contributed by atoms with Crippen molar-refractivity contribution in [2.45, 2.75) is 6.42 Å². The smallest absolute Gasteiger partial charge is 0.293 e. The summed E-state index contributed by atoms with van der Waals surface area (Å²) >= 11 is 0. The van der Waals surface area contributed by atoms with Gasteiger partial charge in [0.2, 0.25) is 11.7 Å². The molecule has 2 aromatic heterocycles. The first-order valence-corrected chi connectivity index (χ1v) is 10.8. The van der Waals surface area contributed by atoms with Crippen molar-refractivity contribution in [1.29, 1.82) is 0 Å². The van der Waals surface area contributed by atoms with Gasteiger partial charge in [-0.15, -0.1) is 0 Å². The van der Waals surface area contributed by atoms with Crippen LogP contribution in [0.3, 0.4) is 0 Å². The molecule has 0 aliphatic carbocycles. The number of nitrogens with zero attached hydrogens (tertiary/aromatic N) is 6. The molecule has 1 aliphatic heterocycles. The van der Waals surface area contributed by atoms with Crippen molar-refractivity contribution >= 4 is 34.1 Å². The number of carbonyl (C=O) groups excluding carboxylic acids is 1. The number of H-pyrrole nitrogens is 1. The van der Waals surface area contributed by atoms with E-state index in [1.54, 1.807) is 29.9 Å². The average molecular weight is 445 g/mol. The molecule has 0 atom stereocenters. The largest absolute Gasteiger partial charge is 0.364 e. The van der Waals surface area contributed by atoms with Gasteiger partial charge in [0, 0.05) is 57.3 Å². The normalized spacial score (nSPS) is 14.5. The Balaban J connectivity index is 1.39. The molecule has 0 bridgehead atoms. The van der Waals surface area contributed by atoms with Gasteiger partial charge >= 0.3 is 0 Å². The highest BCUT2D eigenvalue weighted by Crippen LogP contribution is 2.31. The second-order valence-electron chi connectivity index (χ2n) is 8.06. The number of hydrogen-bond donors (Lipinski definition) is 1. The fourth-order valence-corrected chi connectivity index (χ4v) is 4.25. The molecule has 0 spiro atoms. The predicted octanol–water partition coefficient (Wildman–Crippen LogP) is 3.15. The number of anilines is 2. The topological polar surface area (TPSA) is 113 Å². The molecule has 1 aliphatic rings. The molecule has 0 unspecified atom stereocenters. The van der Waals surface area contributed by atoms with Crippen LogP contribution in [-0.4, -0.2) is 56.4 Å². The van der Waals surface area contributed by atoms with Gasteiger partial charge in [-0.25, -0.2) is 9.97 Å². The number of ketones is 1. The lowest BCUT2D eigenvalue weighted by atomic mass is 10.1. The number of rotatable bonds is 5. The van der Waals surface area contributed by atoms with Crippen LogP contribution in [0.2, 0.25) is 0 Å². The Morgan fingerprint density at radius 3 is 2.64 bits per heavy atom. The van der Waals surface area contributed by atoms with Crippen molar-refractivity contribution in [1.82, 2.24) is 19.5 Å². The van der Waals surface area contributed by atoms with Gasteiger partial charge in [0.15, 0.2) is 5.82 Å². The molecular weight excluding hydrogens is 422 g/mol. The zero-order valence-electron chi connectivity index (χ0n) is 18.1. The zero-order chi connectivity index (χ0) is 22.9. The number of nitrogens with one attached hydrogen (secondary N) is 1. The molecule has 2 aromatic carbocycles. The standard InChI is InChI=1S/C23H23N7O3/c1-27-12-9-24-22(27)21(31)16-7-8-19(20(15-16)30(32)33)28-10-4-11-29(14-13-28)23-25-17-5-2-3-6-18(17)26-23/h2-3,5-9,12,15H,4,10-11,13-14H2,1H3,(H,25,26). The second kappa shape index (κ2) is 8.38. The number of carbonyl (C=O) groups is 1. The van der Waals surface area contributed by atoms with Crippen LogP contribution in [0.15, 0.2) is 54.9 Å². The fourth-order valence-electron chi connectivity index (χ4n) is 4.25. The van der Waals surface area contributed by atoms with E-state index in [1.165, 1.54) is 12.3 Å². The van der Waals surface area contributed by atoms with Crippen molar-refractivity contribution in [3.05, 3.63) is 76.4 Å². The molecule has 5 rings (SSSR count). The Kier molecular flexibility index (Phi) is 5.25. The van der Waals surface area contributed by atoms with E-state index in [0.29, 0.717) is 25.3 Å². The SMILES string of the molecule is Cn1ccnc1C(=O)c1ccc(N2CCCN(c3nc4ccccc4[nH]3)CC2)c([N+](=O)[O-])c1. The maximum absolute atomic E-state index is 12.8. The first-order chi connectivity index (χ1) is 16.0. The monoisotopic (exact) mass is 445 g/mol. The second-order valence-corrected chi connectivity index (χ2v) is 8.06. The summed E-state index contributed by atoms with van der Waals surface area (Å²) in [5.74, 6) is 0.709. The highest BCUT2D eigenvalue weighted by molar-refractivity contribution is 6.07. The maximum atomic E-state index is 12.8. The van der Waals surface area contributed by atoms with Crippen LogP contribution in [-0.2, 0) is 7.05 Å². The van der Waals surface area contributed by atoms with Crippen molar-refractivity contribution < 1.29 is 9.72 Å². The minimum Gasteiger partial charge on any atom is -0.364 e. The van der Waals surface area contributed by atoms with E-state index in [0.717, 1.165) is 29.9 Å². The van der Waals surface area contributed by atoms with E-state index in [-0.39, 0.29) is 22.9 Å². The summed E-state index contributed by atoms with van der Waals surface area (Å²) in [4.78, 5) is 40.5. The van der Waals surface area contributed by atoms with Gasteiger partial charge in [0.25, 0.3) is 5.69 Å². The third-order valence-corrected chi connectivity index (χ3v) is 5.97. The number of fused-ring (bicyclic) bond motifs is 1. The van der Waals surface area contributed by atoms with Gasteiger partial charge in [-0.2, -0.15) is 0 Å². The summed E-state index contributed by atoms with van der Waals surface area (Å²) in [5.41, 5.74) is 2.59. The molecule has 3 heterocycles. The number of nitro benzene ring substituents is 1. The molecule has 168 valence electrons. The number of aromatic amines is 1. The van der Waals surface area contributed by atoms with Crippen molar-refractivity contribution in [2.24, 2.45) is 7.05 Å². The summed E-state index contributed by atoms with van der Waals surface area (Å²) < 4.78 is 1.60. The predicted molar refractivity (Wildman–Crippen MR) is 125 cm³/mol. The number of aryl methyl sites for hydroxylation is 1. The van der Waals surface area contributed by atoms with Crippen molar-refractivity contribution in [3.63, 3.8) is 0 Å². The summed E-state index contributed by atoms with van der Waals surface area (Å²) in [6, 6.07) is 12.6. The first kappa shape index (κ1) is 20.7. The third kappa shape index (κ3) is 3.91. The van der Waals surface area contributed by atoms with Crippen LogP contribution in [0.25, 0.3) is 11.0 Å². The van der Waals surface area contributed by atoms with E-state index >= 15 is 0 Å². The van der Waals surface area contributed by atoms with Gasteiger partial charge in [0.1, 0.15) is 5.69 Å². The van der Waals surface area contributed by atoms with Gasteiger partial charge in [-0.1, -0.05) is 12.1 Å². The quantitative estimate of drug-likeness (QED) is 0.285. The van der Waals surface area contributed by atoms with Gasteiger partial charge in [-0.05, 0) is 30.7 Å². The molecule has 1 saturated heterocycles. The van der Waals surface area contributed by atoms with E-state index in [4.69, 9.17) is 0 Å². The molecule has 0 amide bonds. The fraction of sp³-hybridized carbons (Fsp3) is 0.261. The van der Waals surface area contributed by atoms with Gasteiger partial charge < -0.3 is 19.4 Å². The number of benzene rings is 2.